The van der Waals surface area contributed by atoms with Crippen LogP contribution in [0.1, 0.15) is 59.8 Å². The zero-order valence-corrected chi connectivity index (χ0v) is 13.0. The highest BCUT2D eigenvalue weighted by atomic mass is 15.2. The van der Waals surface area contributed by atoms with Crippen LogP contribution in [0.2, 0.25) is 0 Å². The lowest BCUT2D eigenvalue weighted by molar-refractivity contribution is -0.0186. The summed E-state index contributed by atoms with van der Waals surface area (Å²) in [5.41, 5.74) is 12.6. The summed E-state index contributed by atoms with van der Waals surface area (Å²) in [6.07, 6.45) is 5.70. The summed E-state index contributed by atoms with van der Waals surface area (Å²) in [6.45, 7) is 10.3. The molecular formula is C15H33N3. The largest absolute Gasteiger partial charge is 0.313 e. The topological polar surface area (TPSA) is 55.3 Å². The van der Waals surface area contributed by atoms with Crippen molar-refractivity contribution in [1.29, 1.82) is 0 Å². The van der Waals surface area contributed by atoms with Crippen LogP contribution in [-0.4, -0.2) is 29.7 Å². The Morgan fingerprint density at radius 2 is 1.89 bits per heavy atom. The van der Waals surface area contributed by atoms with Crippen molar-refractivity contribution in [2.45, 2.75) is 71.0 Å². The lowest BCUT2D eigenvalue weighted by Crippen LogP contribution is -2.65. The number of hydrogen-bond donors (Lipinski definition) is 2. The fraction of sp³-hybridized carbons (Fsp3) is 1.00. The zero-order chi connectivity index (χ0) is 14.0. The van der Waals surface area contributed by atoms with E-state index in [0.717, 1.165) is 25.8 Å². The van der Waals surface area contributed by atoms with Crippen LogP contribution in [0.3, 0.4) is 0 Å². The number of likely N-dealkylation sites (tertiary alicyclic amines) is 1. The molecule has 2 unspecified atom stereocenters. The quantitative estimate of drug-likeness (QED) is 0.586. The lowest BCUT2D eigenvalue weighted by Gasteiger charge is -2.53. The molecule has 0 amide bonds. The Morgan fingerprint density at radius 3 is 2.44 bits per heavy atom. The standard InChI is InChI=1S/C15H33N3/c1-6-7-8-10-15(16,17)13-9-11-18(5)14(3,4)12(13)2/h12-13H,6-11,16-17H2,1-5H3. The molecule has 0 radical (unpaired) electrons. The first-order valence-electron chi connectivity index (χ1n) is 7.52. The SMILES string of the molecule is CCCCCC(N)(N)C1CCN(C)C(C)(C)C1C. The van der Waals surface area contributed by atoms with E-state index >= 15 is 0 Å². The average Bonchev–Trinajstić information content (AvgIpc) is 2.26. The molecule has 0 aliphatic carbocycles. The van der Waals surface area contributed by atoms with E-state index in [9.17, 15) is 0 Å². The first kappa shape index (κ1) is 15.9. The molecule has 1 fully saturated rings. The van der Waals surface area contributed by atoms with Crippen molar-refractivity contribution in [3.05, 3.63) is 0 Å². The molecule has 1 aliphatic heterocycles. The van der Waals surface area contributed by atoms with Gasteiger partial charge in [0.15, 0.2) is 0 Å². The number of unbranched alkanes of at least 4 members (excludes halogenated alkanes) is 2. The third-order valence-corrected chi connectivity index (χ3v) is 5.38. The third-order valence-electron chi connectivity index (χ3n) is 5.38. The first-order chi connectivity index (χ1) is 8.23. The maximum atomic E-state index is 6.45. The van der Waals surface area contributed by atoms with Crippen LogP contribution in [0.15, 0.2) is 0 Å². The summed E-state index contributed by atoms with van der Waals surface area (Å²) in [4.78, 5) is 2.44. The predicted molar refractivity (Wildman–Crippen MR) is 79.2 cm³/mol. The molecule has 0 spiro atoms. The van der Waals surface area contributed by atoms with Gasteiger partial charge in [-0.2, -0.15) is 0 Å². The molecule has 0 saturated carbocycles. The van der Waals surface area contributed by atoms with E-state index in [1.165, 1.54) is 12.8 Å². The van der Waals surface area contributed by atoms with Gasteiger partial charge in [0.1, 0.15) is 0 Å². The summed E-state index contributed by atoms with van der Waals surface area (Å²) in [7, 11) is 2.21. The molecule has 3 nitrogen and oxygen atoms in total. The minimum Gasteiger partial charge on any atom is -0.313 e. The molecule has 108 valence electrons. The molecule has 2 atom stereocenters. The molecule has 3 heteroatoms. The summed E-state index contributed by atoms with van der Waals surface area (Å²) in [5, 5.41) is 0. The van der Waals surface area contributed by atoms with Gasteiger partial charge in [0.25, 0.3) is 0 Å². The van der Waals surface area contributed by atoms with E-state index in [4.69, 9.17) is 11.5 Å². The second-order valence-electron chi connectivity index (χ2n) is 6.83. The van der Waals surface area contributed by atoms with Crippen LogP contribution in [0.5, 0.6) is 0 Å². The van der Waals surface area contributed by atoms with Gasteiger partial charge in [-0.25, -0.2) is 0 Å². The molecule has 1 heterocycles. The Morgan fingerprint density at radius 1 is 1.28 bits per heavy atom. The van der Waals surface area contributed by atoms with E-state index in [1.54, 1.807) is 0 Å². The molecule has 0 aromatic rings. The fourth-order valence-corrected chi connectivity index (χ4v) is 3.31. The number of nitrogens with two attached hydrogens (primary N) is 2. The molecule has 1 rings (SSSR count). The Balaban J connectivity index is 2.70. The number of nitrogens with zero attached hydrogens (tertiary/aromatic N) is 1. The van der Waals surface area contributed by atoms with Crippen molar-refractivity contribution in [2.75, 3.05) is 13.6 Å². The Kier molecular flexibility index (Phi) is 5.22. The molecule has 18 heavy (non-hydrogen) atoms. The van der Waals surface area contributed by atoms with E-state index in [-0.39, 0.29) is 5.54 Å². The molecule has 0 aromatic heterocycles. The van der Waals surface area contributed by atoms with E-state index in [2.05, 4.69) is 39.6 Å². The summed E-state index contributed by atoms with van der Waals surface area (Å²) in [6, 6.07) is 0. The van der Waals surface area contributed by atoms with Crippen molar-refractivity contribution in [1.82, 2.24) is 4.90 Å². The maximum absolute atomic E-state index is 6.45. The van der Waals surface area contributed by atoms with Crippen LogP contribution < -0.4 is 11.5 Å². The number of piperidine rings is 1. The lowest BCUT2D eigenvalue weighted by atomic mass is 9.67. The second-order valence-corrected chi connectivity index (χ2v) is 6.83. The smallest absolute Gasteiger partial charge is 0.0669 e. The van der Waals surface area contributed by atoms with Gasteiger partial charge in [0.2, 0.25) is 0 Å². The molecule has 1 aliphatic rings. The summed E-state index contributed by atoms with van der Waals surface area (Å²) in [5.74, 6) is 0.966. The van der Waals surface area contributed by atoms with Gasteiger partial charge in [-0.3, -0.25) is 0 Å². The average molecular weight is 255 g/mol. The van der Waals surface area contributed by atoms with Crippen LogP contribution in [0, 0.1) is 11.8 Å². The second kappa shape index (κ2) is 5.89. The van der Waals surface area contributed by atoms with E-state index in [1.807, 2.05) is 0 Å². The van der Waals surface area contributed by atoms with E-state index < -0.39 is 5.66 Å². The normalized spacial score (nSPS) is 29.5. The maximum Gasteiger partial charge on any atom is 0.0669 e. The highest BCUT2D eigenvalue weighted by molar-refractivity contribution is 5.00. The monoisotopic (exact) mass is 255 g/mol. The molecule has 4 N–H and O–H groups in total. The van der Waals surface area contributed by atoms with Gasteiger partial charge in [-0.05, 0) is 52.1 Å². The molecule has 0 bridgehead atoms. The van der Waals surface area contributed by atoms with Gasteiger partial charge in [0.05, 0.1) is 5.66 Å². The van der Waals surface area contributed by atoms with Gasteiger partial charge in [-0.15, -0.1) is 0 Å². The summed E-state index contributed by atoms with van der Waals surface area (Å²) < 4.78 is 0. The van der Waals surface area contributed by atoms with Gasteiger partial charge in [-0.1, -0.05) is 33.1 Å². The van der Waals surface area contributed by atoms with Gasteiger partial charge in [0, 0.05) is 5.54 Å². The highest BCUT2D eigenvalue weighted by Crippen LogP contribution is 2.40. The van der Waals surface area contributed by atoms with Crippen molar-refractivity contribution >= 4 is 0 Å². The third kappa shape index (κ3) is 3.25. The van der Waals surface area contributed by atoms with Gasteiger partial charge < -0.3 is 16.4 Å². The Labute approximate surface area is 113 Å². The van der Waals surface area contributed by atoms with Crippen molar-refractivity contribution in [3.63, 3.8) is 0 Å². The zero-order valence-electron chi connectivity index (χ0n) is 13.0. The molecule has 1 saturated heterocycles. The van der Waals surface area contributed by atoms with Crippen LogP contribution in [-0.2, 0) is 0 Å². The van der Waals surface area contributed by atoms with Crippen LogP contribution in [0.25, 0.3) is 0 Å². The molecule has 0 aromatic carbocycles. The number of rotatable bonds is 5. The van der Waals surface area contributed by atoms with Crippen molar-refractivity contribution in [3.8, 4) is 0 Å². The Bertz CT molecular complexity index is 260. The molecular weight excluding hydrogens is 222 g/mol. The Hall–Kier alpha value is -0.120. The fourth-order valence-electron chi connectivity index (χ4n) is 3.31. The highest BCUT2D eigenvalue weighted by Gasteiger charge is 2.45. The minimum atomic E-state index is -0.493. The predicted octanol–water partition coefficient (Wildman–Crippen LogP) is 2.55. The minimum absolute atomic E-state index is 0.192. The summed E-state index contributed by atoms with van der Waals surface area (Å²) >= 11 is 0. The first-order valence-corrected chi connectivity index (χ1v) is 7.52. The van der Waals surface area contributed by atoms with Crippen molar-refractivity contribution in [2.24, 2.45) is 23.3 Å². The van der Waals surface area contributed by atoms with Crippen LogP contribution in [0.4, 0.5) is 0 Å². The van der Waals surface area contributed by atoms with E-state index in [0.29, 0.717) is 11.8 Å². The number of hydrogen-bond acceptors (Lipinski definition) is 3. The van der Waals surface area contributed by atoms with Gasteiger partial charge >= 0.3 is 0 Å². The van der Waals surface area contributed by atoms with Crippen molar-refractivity contribution < 1.29 is 0 Å². The van der Waals surface area contributed by atoms with Crippen LogP contribution >= 0.6 is 0 Å².